The van der Waals surface area contributed by atoms with Crippen LogP contribution in [0.4, 0.5) is 14.9 Å². The summed E-state index contributed by atoms with van der Waals surface area (Å²) in [6.45, 7) is 0.300. The van der Waals surface area contributed by atoms with E-state index in [2.05, 4.69) is 5.32 Å². The Balaban J connectivity index is 2.49. The zero-order valence-corrected chi connectivity index (χ0v) is 11.1. The minimum Gasteiger partial charge on any atom is -0.481 e. The molecule has 1 rings (SSSR count). The first-order valence-corrected chi connectivity index (χ1v) is 5.97. The van der Waals surface area contributed by atoms with Crippen LogP contribution in [-0.4, -0.2) is 35.6 Å². The Labute approximate surface area is 115 Å². The van der Waals surface area contributed by atoms with Crippen molar-refractivity contribution < 1.29 is 19.1 Å². The molecule has 0 heterocycles. The molecule has 0 bridgehead atoms. The molecule has 2 N–H and O–H groups in total. The van der Waals surface area contributed by atoms with Gasteiger partial charge in [0.2, 0.25) is 0 Å². The lowest BCUT2D eigenvalue weighted by atomic mass is 10.3. The molecule has 0 aliphatic heterocycles. The zero-order valence-electron chi connectivity index (χ0n) is 10.3. The maximum absolute atomic E-state index is 13.2. The zero-order chi connectivity index (χ0) is 14.4. The summed E-state index contributed by atoms with van der Waals surface area (Å²) in [5.41, 5.74) is 0.289. The van der Waals surface area contributed by atoms with Crippen LogP contribution in [0.1, 0.15) is 12.8 Å². The van der Waals surface area contributed by atoms with Crippen LogP contribution in [0, 0.1) is 5.82 Å². The molecular weight excluding hydrogens is 275 g/mol. The standard InChI is InChI=1S/C12H14ClFN2O3/c1-16(6-2-3-11(17)18)12(19)15-8-4-5-9(13)10(14)7-8/h4-5,7H,2-3,6H2,1H3,(H,15,19)(H,17,18). The Morgan fingerprint density at radius 2 is 2.16 bits per heavy atom. The second kappa shape index (κ2) is 6.94. The smallest absolute Gasteiger partial charge is 0.321 e. The third-order valence-electron chi connectivity index (χ3n) is 2.40. The van der Waals surface area contributed by atoms with Gasteiger partial charge < -0.3 is 15.3 Å². The fourth-order valence-corrected chi connectivity index (χ4v) is 1.48. The number of amides is 2. The van der Waals surface area contributed by atoms with Gasteiger partial charge in [0.15, 0.2) is 0 Å². The molecule has 0 unspecified atom stereocenters. The quantitative estimate of drug-likeness (QED) is 0.875. The summed E-state index contributed by atoms with van der Waals surface area (Å²) >= 11 is 5.52. The Hall–Kier alpha value is -1.82. The molecular formula is C12H14ClFN2O3. The molecule has 0 aliphatic carbocycles. The van der Waals surface area contributed by atoms with E-state index in [1.165, 1.54) is 24.1 Å². The molecule has 0 spiro atoms. The lowest BCUT2D eigenvalue weighted by molar-refractivity contribution is -0.137. The topological polar surface area (TPSA) is 69.6 Å². The number of anilines is 1. The van der Waals surface area contributed by atoms with Gasteiger partial charge in [0, 0.05) is 25.7 Å². The van der Waals surface area contributed by atoms with Gasteiger partial charge in [-0.3, -0.25) is 4.79 Å². The van der Waals surface area contributed by atoms with Crippen molar-refractivity contribution in [3.8, 4) is 0 Å². The van der Waals surface area contributed by atoms with Gasteiger partial charge in [-0.2, -0.15) is 0 Å². The summed E-state index contributed by atoms with van der Waals surface area (Å²) < 4.78 is 13.2. The van der Waals surface area contributed by atoms with E-state index in [-0.39, 0.29) is 17.1 Å². The molecule has 5 nitrogen and oxygen atoms in total. The molecule has 0 aliphatic rings. The number of carboxylic acids is 1. The summed E-state index contributed by atoms with van der Waals surface area (Å²) in [5, 5.41) is 11.0. The predicted molar refractivity (Wildman–Crippen MR) is 69.9 cm³/mol. The summed E-state index contributed by atoms with van der Waals surface area (Å²) in [6.07, 6.45) is 0.349. The van der Waals surface area contributed by atoms with Crippen LogP contribution >= 0.6 is 11.6 Å². The summed E-state index contributed by atoms with van der Waals surface area (Å²) in [4.78, 5) is 23.4. The van der Waals surface area contributed by atoms with Gasteiger partial charge in [-0.1, -0.05) is 11.6 Å². The number of nitrogens with one attached hydrogen (secondary N) is 1. The molecule has 7 heteroatoms. The molecule has 104 valence electrons. The molecule has 0 fully saturated rings. The number of aliphatic carboxylic acids is 1. The lowest BCUT2D eigenvalue weighted by Crippen LogP contribution is -2.32. The second-order valence-electron chi connectivity index (χ2n) is 3.98. The van der Waals surface area contributed by atoms with Gasteiger partial charge in [0.05, 0.1) is 5.02 Å². The summed E-state index contributed by atoms with van der Waals surface area (Å²) in [5.74, 6) is -1.53. The molecule has 0 saturated heterocycles. The number of benzene rings is 1. The van der Waals surface area contributed by atoms with Crippen LogP contribution in [0.3, 0.4) is 0 Å². The fourth-order valence-electron chi connectivity index (χ4n) is 1.36. The van der Waals surface area contributed by atoms with Crippen molar-refractivity contribution in [2.75, 3.05) is 18.9 Å². The van der Waals surface area contributed by atoms with E-state index in [0.29, 0.717) is 13.0 Å². The number of carboxylic acid groups (broad SMARTS) is 1. The number of hydrogen-bond acceptors (Lipinski definition) is 2. The van der Waals surface area contributed by atoms with Gasteiger partial charge in [-0.05, 0) is 24.6 Å². The van der Waals surface area contributed by atoms with Gasteiger partial charge in [-0.15, -0.1) is 0 Å². The Morgan fingerprint density at radius 1 is 1.47 bits per heavy atom. The summed E-state index contributed by atoms with van der Waals surface area (Å²) in [7, 11) is 1.53. The second-order valence-corrected chi connectivity index (χ2v) is 4.39. The van der Waals surface area contributed by atoms with E-state index < -0.39 is 17.8 Å². The minimum atomic E-state index is -0.909. The molecule has 0 radical (unpaired) electrons. The number of urea groups is 1. The average Bonchev–Trinajstić information content (AvgIpc) is 2.33. The van der Waals surface area contributed by atoms with Gasteiger partial charge in [-0.25, -0.2) is 9.18 Å². The highest BCUT2D eigenvalue weighted by Gasteiger charge is 2.10. The third kappa shape index (κ3) is 5.13. The first-order chi connectivity index (χ1) is 8.90. The van der Waals surface area contributed by atoms with Crippen molar-refractivity contribution in [1.82, 2.24) is 4.90 Å². The minimum absolute atomic E-state index is 0.00675. The van der Waals surface area contributed by atoms with Crippen LogP contribution < -0.4 is 5.32 Å². The van der Waals surface area contributed by atoms with Crippen LogP contribution in [0.15, 0.2) is 18.2 Å². The third-order valence-corrected chi connectivity index (χ3v) is 2.71. The summed E-state index contributed by atoms with van der Waals surface area (Å²) in [6, 6.07) is 3.50. The van der Waals surface area contributed by atoms with Crippen molar-refractivity contribution in [2.45, 2.75) is 12.8 Å². The first kappa shape index (κ1) is 15.2. The normalized spacial score (nSPS) is 10.1. The highest BCUT2D eigenvalue weighted by Crippen LogP contribution is 2.18. The largest absolute Gasteiger partial charge is 0.481 e. The van der Waals surface area contributed by atoms with E-state index in [0.717, 1.165) is 6.07 Å². The average molecular weight is 289 g/mol. The van der Waals surface area contributed by atoms with E-state index >= 15 is 0 Å². The molecule has 0 aromatic heterocycles. The fraction of sp³-hybridized carbons (Fsp3) is 0.333. The molecule has 2 amide bonds. The first-order valence-electron chi connectivity index (χ1n) is 5.59. The molecule has 0 atom stereocenters. The number of carbonyl (C=O) groups is 2. The van der Waals surface area contributed by atoms with E-state index in [4.69, 9.17) is 16.7 Å². The Kier molecular flexibility index (Phi) is 5.57. The van der Waals surface area contributed by atoms with Crippen LogP contribution in [0.2, 0.25) is 5.02 Å². The van der Waals surface area contributed by atoms with Crippen molar-refractivity contribution in [3.05, 3.63) is 29.0 Å². The van der Waals surface area contributed by atoms with Crippen LogP contribution in [-0.2, 0) is 4.79 Å². The highest BCUT2D eigenvalue weighted by atomic mass is 35.5. The van der Waals surface area contributed by atoms with E-state index in [1.54, 1.807) is 0 Å². The predicted octanol–water partition coefficient (Wildman–Crippen LogP) is 2.81. The monoisotopic (exact) mass is 288 g/mol. The number of hydrogen-bond donors (Lipinski definition) is 2. The number of rotatable bonds is 5. The van der Waals surface area contributed by atoms with Gasteiger partial charge >= 0.3 is 12.0 Å². The highest BCUT2D eigenvalue weighted by molar-refractivity contribution is 6.30. The van der Waals surface area contributed by atoms with Crippen LogP contribution in [0.5, 0.6) is 0 Å². The SMILES string of the molecule is CN(CCCC(=O)O)C(=O)Nc1ccc(Cl)c(F)c1. The number of carbonyl (C=O) groups excluding carboxylic acids is 1. The van der Waals surface area contributed by atoms with Gasteiger partial charge in [0.25, 0.3) is 0 Å². The number of halogens is 2. The molecule has 19 heavy (non-hydrogen) atoms. The van der Waals surface area contributed by atoms with Gasteiger partial charge in [0.1, 0.15) is 5.82 Å². The Morgan fingerprint density at radius 3 is 2.74 bits per heavy atom. The van der Waals surface area contributed by atoms with Crippen LogP contribution in [0.25, 0.3) is 0 Å². The molecule has 0 saturated carbocycles. The molecule has 1 aromatic rings. The molecule has 1 aromatic carbocycles. The van der Waals surface area contributed by atoms with Crippen molar-refractivity contribution in [1.29, 1.82) is 0 Å². The van der Waals surface area contributed by atoms with Crippen molar-refractivity contribution in [3.63, 3.8) is 0 Å². The van der Waals surface area contributed by atoms with E-state index in [9.17, 15) is 14.0 Å². The lowest BCUT2D eigenvalue weighted by Gasteiger charge is -2.17. The van der Waals surface area contributed by atoms with Crippen molar-refractivity contribution >= 4 is 29.3 Å². The maximum atomic E-state index is 13.2. The van der Waals surface area contributed by atoms with Crippen molar-refractivity contribution in [2.24, 2.45) is 0 Å². The Bertz CT molecular complexity index is 482. The maximum Gasteiger partial charge on any atom is 0.321 e. The number of nitrogens with zero attached hydrogens (tertiary/aromatic N) is 1. The van der Waals surface area contributed by atoms with E-state index in [1.807, 2.05) is 0 Å².